The second kappa shape index (κ2) is 5.86. The lowest BCUT2D eigenvalue weighted by Gasteiger charge is -1.99. The zero-order valence-corrected chi connectivity index (χ0v) is 13.6. The molecule has 3 heteroatoms. The van der Waals surface area contributed by atoms with Crippen molar-refractivity contribution < 1.29 is 0 Å². The molecule has 0 aliphatic rings. The number of nitrogens with one attached hydrogen (secondary N) is 1. The highest BCUT2D eigenvalue weighted by Gasteiger charge is 2.15. The van der Waals surface area contributed by atoms with E-state index in [9.17, 15) is 0 Å². The van der Waals surface area contributed by atoms with Crippen molar-refractivity contribution in [2.45, 2.75) is 6.92 Å². The first kappa shape index (κ1) is 14.0. The Bertz CT molecular complexity index is 921. The molecule has 4 rings (SSSR count). The molecule has 0 bridgehead atoms. The Labute approximate surface area is 139 Å². The SMILES string of the molecule is Cc1cccc(-c2nc(-c3ccccc3)c(-c3cccs3)[nH]2)c1. The van der Waals surface area contributed by atoms with Gasteiger partial charge in [-0.1, -0.05) is 60.2 Å². The summed E-state index contributed by atoms with van der Waals surface area (Å²) in [7, 11) is 0. The molecule has 2 heterocycles. The number of aryl methyl sites for hydroxylation is 1. The van der Waals surface area contributed by atoms with Crippen LogP contribution in [0.15, 0.2) is 72.1 Å². The van der Waals surface area contributed by atoms with Gasteiger partial charge in [0.1, 0.15) is 5.82 Å². The average Bonchev–Trinajstić information content (AvgIpc) is 3.25. The standard InChI is InChI=1S/C20H16N2S/c1-14-7-5-10-16(13-14)20-21-18(15-8-3-2-4-9-15)19(22-20)17-11-6-12-23-17/h2-13H,1H3,(H,21,22). The third-order valence-electron chi connectivity index (χ3n) is 3.81. The molecule has 0 saturated carbocycles. The van der Waals surface area contributed by atoms with Crippen LogP contribution in [0.1, 0.15) is 5.56 Å². The fraction of sp³-hybridized carbons (Fsp3) is 0.0500. The van der Waals surface area contributed by atoms with E-state index >= 15 is 0 Å². The first-order chi connectivity index (χ1) is 11.3. The summed E-state index contributed by atoms with van der Waals surface area (Å²) in [6.07, 6.45) is 0. The van der Waals surface area contributed by atoms with Gasteiger partial charge in [0.2, 0.25) is 0 Å². The molecule has 0 unspecified atom stereocenters. The van der Waals surface area contributed by atoms with Gasteiger partial charge in [0.05, 0.1) is 16.3 Å². The minimum atomic E-state index is 0.913. The second-order valence-corrected chi connectivity index (χ2v) is 6.47. The number of thiophene rings is 1. The van der Waals surface area contributed by atoms with Gasteiger partial charge < -0.3 is 4.98 Å². The molecule has 0 fully saturated rings. The van der Waals surface area contributed by atoms with Crippen LogP contribution in [0.2, 0.25) is 0 Å². The quantitative estimate of drug-likeness (QED) is 0.510. The third kappa shape index (κ3) is 2.71. The van der Waals surface area contributed by atoms with Gasteiger partial charge in [-0.2, -0.15) is 0 Å². The lowest BCUT2D eigenvalue weighted by Crippen LogP contribution is -1.82. The highest BCUT2D eigenvalue weighted by atomic mass is 32.1. The van der Waals surface area contributed by atoms with Gasteiger partial charge in [0.15, 0.2) is 0 Å². The topological polar surface area (TPSA) is 28.7 Å². The van der Waals surface area contributed by atoms with Crippen LogP contribution in [0.3, 0.4) is 0 Å². The molecule has 2 aromatic carbocycles. The summed E-state index contributed by atoms with van der Waals surface area (Å²) in [6.45, 7) is 2.10. The number of imidazole rings is 1. The third-order valence-corrected chi connectivity index (χ3v) is 4.70. The van der Waals surface area contributed by atoms with Crippen LogP contribution < -0.4 is 0 Å². The molecule has 0 radical (unpaired) electrons. The second-order valence-electron chi connectivity index (χ2n) is 5.52. The number of H-pyrrole nitrogens is 1. The van der Waals surface area contributed by atoms with Gasteiger partial charge in [-0.15, -0.1) is 11.3 Å². The molecule has 0 spiro atoms. The molecule has 1 N–H and O–H groups in total. The van der Waals surface area contributed by atoms with Crippen molar-refractivity contribution in [2.75, 3.05) is 0 Å². The Morgan fingerprint density at radius 2 is 1.70 bits per heavy atom. The van der Waals surface area contributed by atoms with Gasteiger partial charge in [0.25, 0.3) is 0 Å². The number of benzene rings is 2. The van der Waals surface area contributed by atoms with E-state index in [1.165, 1.54) is 10.4 Å². The van der Waals surface area contributed by atoms with Crippen LogP contribution >= 0.6 is 11.3 Å². The van der Waals surface area contributed by atoms with E-state index in [1.807, 2.05) is 6.07 Å². The minimum absolute atomic E-state index is 0.913. The van der Waals surface area contributed by atoms with E-state index in [0.717, 1.165) is 28.3 Å². The fourth-order valence-electron chi connectivity index (χ4n) is 2.71. The van der Waals surface area contributed by atoms with Crippen LogP contribution in [0, 0.1) is 6.92 Å². The summed E-state index contributed by atoms with van der Waals surface area (Å²) in [5.41, 5.74) is 5.57. The Morgan fingerprint density at radius 3 is 2.43 bits per heavy atom. The first-order valence-corrected chi connectivity index (χ1v) is 8.45. The number of rotatable bonds is 3. The lowest BCUT2D eigenvalue weighted by atomic mass is 10.1. The Kier molecular flexibility index (Phi) is 3.56. The Morgan fingerprint density at radius 1 is 0.870 bits per heavy atom. The summed E-state index contributed by atoms with van der Waals surface area (Å²) in [5.74, 6) is 0.913. The molecule has 4 aromatic rings. The maximum Gasteiger partial charge on any atom is 0.138 e. The maximum absolute atomic E-state index is 4.90. The maximum atomic E-state index is 4.90. The smallest absolute Gasteiger partial charge is 0.138 e. The van der Waals surface area contributed by atoms with Gasteiger partial charge in [-0.25, -0.2) is 4.98 Å². The zero-order chi connectivity index (χ0) is 15.6. The number of nitrogens with zero attached hydrogens (tertiary/aromatic N) is 1. The highest BCUT2D eigenvalue weighted by molar-refractivity contribution is 7.13. The number of hydrogen-bond donors (Lipinski definition) is 1. The zero-order valence-electron chi connectivity index (χ0n) is 12.8. The highest BCUT2D eigenvalue weighted by Crippen LogP contribution is 2.35. The lowest BCUT2D eigenvalue weighted by molar-refractivity contribution is 1.30. The predicted octanol–water partition coefficient (Wildman–Crippen LogP) is 5.78. The van der Waals surface area contributed by atoms with Crippen molar-refractivity contribution in [1.29, 1.82) is 0 Å². The van der Waals surface area contributed by atoms with Crippen LogP contribution in [0.5, 0.6) is 0 Å². The number of hydrogen-bond acceptors (Lipinski definition) is 2. The number of aromatic nitrogens is 2. The van der Waals surface area contributed by atoms with Crippen molar-refractivity contribution in [1.82, 2.24) is 9.97 Å². The van der Waals surface area contributed by atoms with Gasteiger partial charge in [-0.05, 0) is 24.4 Å². The van der Waals surface area contributed by atoms with Gasteiger partial charge >= 0.3 is 0 Å². The Hall–Kier alpha value is -2.65. The Balaban J connectivity index is 1.91. The summed E-state index contributed by atoms with van der Waals surface area (Å²) in [5, 5.41) is 2.09. The van der Waals surface area contributed by atoms with Gasteiger partial charge in [0, 0.05) is 11.1 Å². The van der Waals surface area contributed by atoms with E-state index in [-0.39, 0.29) is 0 Å². The van der Waals surface area contributed by atoms with Crippen molar-refractivity contribution in [3.63, 3.8) is 0 Å². The van der Waals surface area contributed by atoms with Crippen LogP contribution in [0.25, 0.3) is 33.2 Å². The molecule has 0 saturated heterocycles. The predicted molar refractivity (Wildman–Crippen MR) is 97.5 cm³/mol. The van der Waals surface area contributed by atoms with Gasteiger partial charge in [-0.3, -0.25) is 0 Å². The normalized spacial score (nSPS) is 10.8. The van der Waals surface area contributed by atoms with Crippen molar-refractivity contribution in [3.05, 3.63) is 77.7 Å². The van der Waals surface area contributed by atoms with E-state index < -0.39 is 0 Å². The molecule has 0 aliphatic carbocycles. The van der Waals surface area contributed by atoms with E-state index in [0.29, 0.717) is 0 Å². The molecule has 0 atom stereocenters. The molecular formula is C20H16N2S. The van der Waals surface area contributed by atoms with Crippen molar-refractivity contribution >= 4 is 11.3 Å². The van der Waals surface area contributed by atoms with Crippen LogP contribution in [-0.4, -0.2) is 9.97 Å². The van der Waals surface area contributed by atoms with Crippen LogP contribution in [-0.2, 0) is 0 Å². The molecule has 112 valence electrons. The van der Waals surface area contributed by atoms with E-state index in [4.69, 9.17) is 4.98 Å². The monoisotopic (exact) mass is 316 g/mol. The molecule has 2 aromatic heterocycles. The summed E-state index contributed by atoms with van der Waals surface area (Å²) < 4.78 is 0. The molecule has 0 amide bonds. The van der Waals surface area contributed by atoms with Crippen LogP contribution in [0.4, 0.5) is 0 Å². The average molecular weight is 316 g/mol. The molecule has 23 heavy (non-hydrogen) atoms. The summed E-state index contributed by atoms with van der Waals surface area (Å²) in [6, 6.07) is 23.0. The molecular weight excluding hydrogens is 300 g/mol. The minimum Gasteiger partial charge on any atom is -0.337 e. The summed E-state index contributed by atoms with van der Waals surface area (Å²) in [4.78, 5) is 9.63. The van der Waals surface area contributed by atoms with E-state index in [1.54, 1.807) is 11.3 Å². The largest absolute Gasteiger partial charge is 0.337 e. The summed E-state index contributed by atoms with van der Waals surface area (Å²) >= 11 is 1.73. The van der Waals surface area contributed by atoms with Crippen molar-refractivity contribution in [2.24, 2.45) is 0 Å². The fourth-order valence-corrected chi connectivity index (χ4v) is 3.43. The molecule has 0 aliphatic heterocycles. The molecule has 2 nitrogen and oxygen atoms in total. The van der Waals surface area contributed by atoms with E-state index in [2.05, 4.69) is 78.0 Å². The first-order valence-electron chi connectivity index (χ1n) is 7.57. The number of aromatic amines is 1. The van der Waals surface area contributed by atoms with Crippen molar-refractivity contribution in [3.8, 4) is 33.2 Å².